The van der Waals surface area contributed by atoms with E-state index in [1.165, 1.54) is 21.9 Å². The minimum atomic E-state index is 0. The molecule has 0 saturated carbocycles. The number of para-hydroxylation sites is 2. The van der Waals surface area contributed by atoms with Gasteiger partial charge in [-0.2, -0.15) is 0 Å². The van der Waals surface area contributed by atoms with Gasteiger partial charge in [0.2, 0.25) is 0 Å². The fraction of sp³-hybridized carbons (Fsp3) is 0.227. The van der Waals surface area contributed by atoms with Crippen LogP contribution in [0, 0.1) is 5.92 Å². The van der Waals surface area contributed by atoms with E-state index in [0.717, 1.165) is 24.3 Å². The summed E-state index contributed by atoms with van der Waals surface area (Å²) < 4.78 is 2.39. The highest BCUT2D eigenvalue weighted by Gasteiger charge is 2.13. The molecular formula is C22H23ClN2. The molecule has 25 heavy (non-hydrogen) atoms. The molecule has 3 aromatic carbocycles. The predicted octanol–water partition coefficient (Wildman–Crippen LogP) is 5.86. The van der Waals surface area contributed by atoms with E-state index in [1.54, 1.807) is 0 Å². The average Bonchev–Trinajstić information content (AvgIpc) is 2.92. The zero-order valence-electron chi connectivity index (χ0n) is 14.6. The fourth-order valence-corrected chi connectivity index (χ4v) is 3.45. The van der Waals surface area contributed by atoms with Crippen molar-refractivity contribution in [1.29, 1.82) is 0 Å². The lowest BCUT2D eigenvalue weighted by Crippen LogP contribution is -2.09. The second-order valence-electron chi connectivity index (χ2n) is 6.84. The van der Waals surface area contributed by atoms with Crippen molar-refractivity contribution in [2.75, 3.05) is 0 Å². The molecule has 2 nitrogen and oxygen atoms in total. The molecular weight excluding hydrogens is 328 g/mol. The van der Waals surface area contributed by atoms with E-state index in [1.807, 2.05) is 0 Å². The van der Waals surface area contributed by atoms with Gasteiger partial charge in [0.25, 0.3) is 0 Å². The van der Waals surface area contributed by atoms with Gasteiger partial charge in [-0.1, -0.05) is 68.4 Å². The zero-order valence-corrected chi connectivity index (χ0v) is 15.5. The van der Waals surface area contributed by atoms with E-state index >= 15 is 0 Å². The zero-order chi connectivity index (χ0) is 16.5. The van der Waals surface area contributed by atoms with E-state index < -0.39 is 0 Å². The van der Waals surface area contributed by atoms with Crippen LogP contribution in [0.1, 0.15) is 25.2 Å². The number of rotatable bonds is 4. The maximum Gasteiger partial charge on any atom is 0.114 e. The third kappa shape index (κ3) is 3.40. The molecule has 0 fully saturated rings. The van der Waals surface area contributed by atoms with Gasteiger partial charge in [-0.25, -0.2) is 4.98 Å². The van der Waals surface area contributed by atoms with Crippen LogP contribution in [0.4, 0.5) is 0 Å². The highest BCUT2D eigenvalue weighted by molar-refractivity contribution is 5.86. The van der Waals surface area contributed by atoms with Crippen LogP contribution < -0.4 is 0 Å². The molecule has 4 aromatic rings. The van der Waals surface area contributed by atoms with Gasteiger partial charge >= 0.3 is 0 Å². The van der Waals surface area contributed by atoms with E-state index in [-0.39, 0.29) is 12.4 Å². The first-order valence-corrected chi connectivity index (χ1v) is 8.63. The maximum absolute atomic E-state index is 4.93. The number of hydrogen-bond donors (Lipinski definition) is 0. The van der Waals surface area contributed by atoms with Crippen LogP contribution in [0.5, 0.6) is 0 Å². The molecule has 0 radical (unpaired) electrons. The molecule has 3 heteroatoms. The molecule has 0 N–H and O–H groups in total. The Balaban J connectivity index is 0.00000182. The Morgan fingerprint density at radius 3 is 2.44 bits per heavy atom. The van der Waals surface area contributed by atoms with Crippen molar-refractivity contribution >= 4 is 34.2 Å². The van der Waals surface area contributed by atoms with Crippen LogP contribution in [0.3, 0.4) is 0 Å². The monoisotopic (exact) mass is 350 g/mol. The number of fused-ring (bicyclic) bond motifs is 2. The number of imidazole rings is 1. The minimum absolute atomic E-state index is 0. The first-order valence-electron chi connectivity index (χ1n) is 8.63. The topological polar surface area (TPSA) is 17.8 Å². The number of benzene rings is 3. The van der Waals surface area contributed by atoms with E-state index in [0.29, 0.717) is 5.92 Å². The number of hydrogen-bond acceptors (Lipinski definition) is 1. The highest BCUT2D eigenvalue weighted by Crippen LogP contribution is 2.24. The Bertz CT molecular complexity index is 996. The molecule has 1 aromatic heterocycles. The molecule has 0 amide bonds. The van der Waals surface area contributed by atoms with Crippen LogP contribution in [-0.2, 0) is 13.0 Å². The Kier molecular flexibility index (Phi) is 5.10. The van der Waals surface area contributed by atoms with Crippen LogP contribution >= 0.6 is 12.4 Å². The Morgan fingerprint density at radius 2 is 1.60 bits per heavy atom. The second kappa shape index (κ2) is 7.28. The van der Waals surface area contributed by atoms with Crippen LogP contribution in [0.15, 0.2) is 66.7 Å². The van der Waals surface area contributed by atoms with Gasteiger partial charge in [0.15, 0.2) is 0 Å². The summed E-state index contributed by atoms with van der Waals surface area (Å²) in [5, 5.41) is 2.62. The van der Waals surface area contributed by atoms with E-state index in [2.05, 4.69) is 85.1 Å². The summed E-state index contributed by atoms with van der Waals surface area (Å²) in [5.41, 5.74) is 3.67. The number of halogens is 1. The third-order valence-electron chi connectivity index (χ3n) is 4.51. The first-order chi connectivity index (χ1) is 11.7. The van der Waals surface area contributed by atoms with Gasteiger partial charge in [-0.15, -0.1) is 12.4 Å². The van der Waals surface area contributed by atoms with Crippen molar-refractivity contribution in [3.63, 3.8) is 0 Å². The third-order valence-corrected chi connectivity index (χ3v) is 4.51. The lowest BCUT2D eigenvalue weighted by Gasteiger charge is -2.13. The quantitative estimate of drug-likeness (QED) is 0.451. The smallest absolute Gasteiger partial charge is 0.114 e. The Hall–Kier alpha value is -2.32. The number of nitrogens with zero attached hydrogens (tertiary/aromatic N) is 2. The fourth-order valence-electron chi connectivity index (χ4n) is 3.45. The van der Waals surface area contributed by atoms with Crippen molar-refractivity contribution in [1.82, 2.24) is 9.55 Å². The summed E-state index contributed by atoms with van der Waals surface area (Å²) in [5.74, 6) is 1.75. The molecule has 0 atom stereocenters. The summed E-state index contributed by atoms with van der Waals surface area (Å²) in [4.78, 5) is 4.93. The Morgan fingerprint density at radius 1 is 0.880 bits per heavy atom. The normalized spacial score (nSPS) is 11.2. The predicted molar refractivity (Wildman–Crippen MR) is 109 cm³/mol. The molecule has 0 aliphatic carbocycles. The molecule has 0 bridgehead atoms. The Labute approximate surface area is 154 Å². The van der Waals surface area contributed by atoms with Crippen molar-refractivity contribution in [2.45, 2.75) is 26.8 Å². The van der Waals surface area contributed by atoms with Crippen molar-refractivity contribution in [2.24, 2.45) is 5.92 Å². The molecule has 0 saturated heterocycles. The molecule has 1 heterocycles. The van der Waals surface area contributed by atoms with E-state index in [4.69, 9.17) is 4.98 Å². The van der Waals surface area contributed by atoms with E-state index in [9.17, 15) is 0 Å². The lowest BCUT2D eigenvalue weighted by atomic mass is 10.0. The standard InChI is InChI=1S/C22H22N2.ClH/c1-16(2)15-24-21-13-6-5-12-20(21)23-22(24)14-18-10-7-9-17-8-3-4-11-19(17)18;/h3-13,16H,14-15H2,1-2H3;1H. The van der Waals surface area contributed by atoms with Gasteiger partial charge in [0, 0.05) is 13.0 Å². The summed E-state index contributed by atoms with van der Waals surface area (Å²) in [6.07, 6.45) is 0.864. The first kappa shape index (κ1) is 17.5. The maximum atomic E-state index is 4.93. The van der Waals surface area contributed by atoms with Gasteiger partial charge in [-0.3, -0.25) is 0 Å². The average molecular weight is 351 g/mol. The second-order valence-corrected chi connectivity index (χ2v) is 6.84. The van der Waals surface area contributed by atoms with Gasteiger partial charge in [-0.05, 0) is 34.4 Å². The van der Waals surface area contributed by atoms with Gasteiger partial charge < -0.3 is 4.57 Å². The summed E-state index contributed by atoms with van der Waals surface area (Å²) in [7, 11) is 0. The van der Waals surface area contributed by atoms with Crippen molar-refractivity contribution < 1.29 is 0 Å². The molecule has 128 valence electrons. The summed E-state index contributed by atoms with van der Waals surface area (Å²) in [6, 6.07) is 23.6. The molecule has 0 spiro atoms. The minimum Gasteiger partial charge on any atom is -0.327 e. The highest BCUT2D eigenvalue weighted by atomic mass is 35.5. The lowest BCUT2D eigenvalue weighted by molar-refractivity contribution is 0.520. The van der Waals surface area contributed by atoms with Crippen LogP contribution in [-0.4, -0.2) is 9.55 Å². The van der Waals surface area contributed by atoms with Crippen LogP contribution in [0.2, 0.25) is 0 Å². The van der Waals surface area contributed by atoms with Gasteiger partial charge in [0.1, 0.15) is 5.82 Å². The molecule has 0 aliphatic heterocycles. The van der Waals surface area contributed by atoms with Crippen molar-refractivity contribution in [3.8, 4) is 0 Å². The molecule has 4 rings (SSSR count). The van der Waals surface area contributed by atoms with Crippen LogP contribution in [0.25, 0.3) is 21.8 Å². The number of aromatic nitrogens is 2. The summed E-state index contributed by atoms with van der Waals surface area (Å²) >= 11 is 0. The SMILES string of the molecule is CC(C)Cn1c(Cc2cccc3ccccc23)nc2ccccc21.Cl. The molecule has 0 aliphatic rings. The van der Waals surface area contributed by atoms with Gasteiger partial charge in [0.05, 0.1) is 11.0 Å². The molecule has 0 unspecified atom stereocenters. The largest absolute Gasteiger partial charge is 0.327 e. The summed E-state index contributed by atoms with van der Waals surface area (Å²) in [6.45, 7) is 5.52. The van der Waals surface area contributed by atoms with Crippen molar-refractivity contribution in [3.05, 3.63) is 78.1 Å².